The van der Waals surface area contributed by atoms with Gasteiger partial charge in [0, 0.05) is 6.54 Å². The molecule has 0 saturated heterocycles. The molecule has 0 bridgehead atoms. The van der Waals surface area contributed by atoms with Crippen LogP contribution in [-0.4, -0.2) is 35.6 Å². The van der Waals surface area contributed by atoms with Gasteiger partial charge in [-0.15, -0.1) is 0 Å². The molecular weight excluding hydrogens is 463 g/mol. The molecule has 0 heterocycles. The molecule has 0 spiro atoms. The Kier molecular flexibility index (Phi) is 9.51. The van der Waals surface area contributed by atoms with Gasteiger partial charge in [0.1, 0.15) is 15.0 Å². The van der Waals surface area contributed by atoms with E-state index in [1.165, 1.54) is 0 Å². The zero-order valence-electron chi connectivity index (χ0n) is 16.5. The minimum atomic E-state index is -5.13. The van der Waals surface area contributed by atoms with E-state index in [1.54, 1.807) is 37.3 Å². The largest absolute Gasteiger partial charge is 1.00 e. The minimum absolute atomic E-state index is 0. The first-order chi connectivity index (χ1) is 13.4. The summed E-state index contributed by atoms with van der Waals surface area (Å²) in [6.45, 7) is 1.84. The molecule has 0 fully saturated rings. The molecule has 2 aromatic rings. The molecule has 0 atom stereocenters. The minimum Gasteiger partial charge on any atom is -0.744 e. The Labute approximate surface area is 199 Å². The monoisotopic (exact) mass is 484 g/mol. The van der Waals surface area contributed by atoms with Crippen molar-refractivity contribution in [3.8, 4) is 0 Å². The van der Waals surface area contributed by atoms with Crippen molar-refractivity contribution >= 4 is 35.7 Å². The van der Waals surface area contributed by atoms with Crippen LogP contribution in [0.3, 0.4) is 0 Å². The summed E-state index contributed by atoms with van der Waals surface area (Å²) in [5.74, 6) is -0.354. The summed E-state index contributed by atoms with van der Waals surface area (Å²) < 4.78 is 84.3. The third-order valence-corrected chi connectivity index (χ3v) is 7.84. The van der Waals surface area contributed by atoms with Crippen LogP contribution in [0.2, 0.25) is 0 Å². The van der Waals surface area contributed by atoms with Crippen LogP contribution in [0.1, 0.15) is 25.3 Å². The summed E-state index contributed by atoms with van der Waals surface area (Å²) in [5.41, 5.74) is 0.416. The SMILES string of the molecule is CCCCS(=O)(=O)c1cc(NCc2ccccc2)c(S(=O)(=O)[O-])cc1S(N)(=O)=O.[Na+]. The predicted octanol–water partition coefficient (Wildman–Crippen LogP) is -1.57. The van der Waals surface area contributed by atoms with Gasteiger partial charge >= 0.3 is 29.6 Å². The first kappa shape index (κ1) is 27.0. The molecule has 2 aromatic carbocycles. The average Bonchev–Trinajstić information content (AvgIpc) is 2.63. The standard InChI is InChI=1S/C17H22N2O7S3.Na/c1-2-3-9-27(20,21)16-10-14(19-12-13-7-5-4-6-8-13)15(29(24,25)26)11-17(16)28(18,22)23;/h4-8,10-11,19H,2-3,9,12H2,1H3,(H2,18,22,23)(H,24,25,26);/q;+1/p-1. The van der Waals surface area contributed by atoms with Gasteiger partial charge in [0.25, 0.3) is 0 Å². The van der Waals surface area contributed by atoms with Gasteiger partial charge in [-0.2, -0.15) is 0 Å². The Morgan fingerprint density at radius 1 is 0.933 bits per heavy atom. The third kappa shape index (κ3) is 7.02. The Morgan fingerprint density at radius 3 is 2.03 bits per heavy atom. The van der Waals surface area contributed by atoms with Crippen LogP contribution in [0.15, 0.2) is 57.2 Å². The smallest absolute Gasteiger partial charge is 0.744 e. The van der Waals surface area contributed by atoms with E-state index in [0.29, 0.717) is 12.5 Å². The topological polar surface area (TPSA) is 164 Å². The van der Waals surface area contributed by atoms with Gasteiger partial charge in [-0.25, -0.2) is 30.4 Å². The van der Waals surface area contributed by atoms with E-state index in [1.807, 2.05) is 0 Å². The van der Waals surface area contributed by atoms with Crippen molar-refractivity contribution in [2.24, 2.45) is 5.14 Å². The van der Waals surface area contributed by atoms with Crippen LogP contribution in [0.4, 0.5) is 5.69 Å². The number of rotatable bonds is 9. The van der Waals surface area contributed by atoms with Gasteiger partial charge in [-0.05, 0) is 24.1 Å². The summed E-state index contributed by atoms with van der Waals surface area (Å²) in [7, 11) is -13.8. The summed E-state index contributed by atoms with van der Waals surface area (Å²) in [6.07, 6.45) is 0.802. The van der Waals surface area contributed by atoms with Crippen molar-refractivity contribution in [3.63, 3.8) is 0 Å². The maximum Gasteiger partial charge on any atom is 1.00 e. The molecule has 30 heavy (non-hydrogen) atoms. The van der Waals surface area contributed by atoms with E-state index in [0.717, 1.165) is 11.6 Å². The molecule has 0 aliphatic heterocycles. The molecule has 0 unspecified atom stereocenters. The van der Waals surface area contributed by atoms with Gasteiger partial charge in [0.05, 0.1) is 21.2 Å². The summed E-state index contributed by atoms with van der Waals surface area (Å²) >= 11 is 0. The van der Waals surface area contributed by atoms with Crippen molar-refractivity contribution < 1.29 is 59.4 Å². The molecule has 13 heteroatoms. The number of sulfonamides is 1. The Hall–Kier alpha value is -0.990. The molecule has 0 aliphatic carbocycles. The fraction of sp³-hybridized carbons (Fsp3) is 0.294. The summed E-state index contributed by atoms with van der Waals surface area (Å²) in [5, 5.41) is 7.80. The maximum atomic E-state index is 12.7. The molecule has 0 saturated carbocycles. The van der Waals surface area contributed by atoms with Gasteiger partial charge < -0.3 is 9.87 Å². The Balaban J connectivity index is 0.00000450. The van der Waals surface area contributed by atoms with E-state index in [4.69, 9.17) is 5.14 Å². The van der Waals surface area contributed by atoms with Crippen molar-refractivity contribution in [1.29, 1.82) is 0 Å². The number of benzene rings is 2. The third-order valence-electron chi connectivity index (χ3n) is 4.05. The number of hydrogen-bond donors (Lipinski definition) is 2. The van der Waals surface area contributed by atoms with E-state index < -0.39 is 44.7 Å². The zero-order valence-corrected chi connectivity index (χ0v) is 21.0. The number of anilines is 1. The quantitative estimate of drug-likeness (QED) is 0.318. The fourth-order valence-electron chi connectivity index (χ4n) is 2.59. The van der Waals surface area contributed by atoms with Gasteiger partial charge in [-0.3, -0.25) is 0 Å². The van der Waals surface area contributed by atoms with Crippen molar-refractivity contribution in [2.75, 3.05) is 11.1 Å². The van der Waals surface area contributed by atoms with E-state index in [-0.39, 0.29) is 54.0 Å². The van der Waals surface area contributed by atoms with E-state index in [9.17, 15) is 29.8 Å². The molecule has 0 radical (unpaired) electrons. The average molecular weight is 485 g/mol. The Morgan fingerprint density at radius 2 is 1.53 bits per heavy atom. The Bertz CT molecular complexity index is 1200. The predicted molar refractivity (Wildman–Crippen MR) is 107 cm³/mol. The second-order valence-corrected chi connectivity index (χ2v) is 11.3. The first-order valence-corrected chi connectivity index (χ1v) is 13.1. The van der Waals surface area contributed by atoms with Crippen molar-refractivity contribution in [1.82, 2.24) is 0 Å². The molecule has 0 aromatic heterocycles. The normalized spacial score (nSPS) is 12.2. The number of sulfone groups is 1. The summed E-state index contributed by atoms with van der Waals surface area (Å²) in [4.78, 5) is -2.46. The van der Waals surface area contributed by atoms with Gasteiger partial charge in [0.2, 0.25) is 10.0 Å². The number of primary sulfonamides is 1. The zero-order chi connectivity index (χ0) is 21.9. The second-order valence-electron chi connectivity index (χ2n) is 6.31. The number of hydrogen-bond acceptors (Lipinski definition) is 8. The molecule has 160 valence electrons. The van der Waals surface area contributed by atoms with Crippen LogP contribution in [-0.2, 0) is 36.5 Å². The van der Waals surface area contributed by atoms with Gasteiger partial charge in [0.15, 0.2) is 9.84 Å². The maximum absolute atomic E-state index is 12.7. The molecule has 9 nitrogen and oxygen atoms in total. The number of unbranched alkanes of at least 4 members (excludes halogenated alkanes) is 1. The van der Waals surface area contributed by atoms with Crippen LogP contribution in [0.5, 0.6) is 0 Å². The molecule has 2 rings (SSSR count). The molecule has 3 N–H and O–H groups in total. The van der Waals surface area contributed by atoms with Crippen LogP contribution in [0.25, 0.3) is 0 Å². The van der Waals surface area contributed by atoms with E-state index in [2.05, 4.69) is 5.32 Å². The van der Waals surface area contributed by atoms with Gasteiger partial charge in [-0.1, -0.05) is 43.7 Å². The summed E-state index contributed by atoms with van der Waals surface area (Å²) in [6, 6.07) is 10.1. The molecule has 0 aliphatic rings. The van der Waals surface area contributed by atoms with Crippen molar-refractivity contribution in [2.45, 2.75) is 41.0 Å². The number of nitrogens with one attached hydrogen (secondary N) is 1. The van der Waals surface area contributed by atoms with E-state index >= 15 is 0 Å². The number of nitrogens with two attached hydrogens (primary N) is 1. The molecule has 0 amide bonds. The second kappa shape index (κ2) is 10.6. The molecular formula is C17H21N2NaO7S3. The fourth-order valence-corrected chi connectivity index (χ4v) is 6.23. The first-order valence-electron chi connectivity index (χ1n) is 8.53. The van der Waals surface area contributed by atoms with Crippen molar-refractivity contribution in [3.05, 3.63) is 48.0 Å². The van der Waals surface area contributed by atoms with Crippen LogP contribution >= 0.6 is 0 Å². The van der Waals surface area contributed by atoms with Crippen LogP contribution in [0, 0.1) is 0 Å². The van der Waals surface area contributed by atoms with Crippen LogP contribution < -0.4 is 40.0 Å².